The van der Waals surface area contributed by atoms with Gasteiger partial charge in [0.2, 0.25) is 10.0 Å². The number of anilines is 1. The van der Waals surface area contributed by atoms with Gasteiger partial charge in [0.05, 0.1) is 23.1 Å². The number of benzene rings is 2. The summed E-state index contributed by atoms with van der Waals surface area (Å²) in [4.78, 5) is 12.2. The molecule has 3 rings (SSSR count). The fraction of sp³-hybridized carbons (Fsp3) is 0.316. The first-order valence-electron chi connectivity index (χ1n) is 8.83. The fourth-order valence-electron chi connectivity index (χ4n) is 2.79. The van der Waals surface area contributed by atoms with E-state index >= 15 is 0 Å². The normalized spacial score (nSPS) is 15.1. The van der Waals surface area contributed by atoms with Gasteiger partial charge >= 0.3 is 0 Å². The molecular formula is C19H20Cl2N2O5S. The molecule has 29 heavy (non-hydrogen) atoms. The summed E-state index contributed by atoms with van der Waals surface area (Å²) in [6.45, 7) is 2.85. The van der Waals surface area contributed by atoms with Crippen LogP contribution in [0.4, 0.5) is 5.69 Å². The Hall–Kier alpha value is -1.84. The lowest BCUT2D eigenvalue weighted by Gasteiger charge is -2.26. The molecule has 10 heteroatoms. The first-order valence-corrected chi connectivity index (χ1v) is 11.0. The summed E-state index contributed by atoms with van der Waals surface area (Å²) in [6.07, 6.45) is 0. The molecule has 1 heterocycles. The number of rotatable bonds is 6. The van der Waals surface area contributed by atoms with Crippen LogP contribution in [-0.4, -0.2) is 51.5 Å². The van der Waals surface area contributed by atoms with E-state index in [-0.39, 0.29) is 28.2 Å². The number of halogens is 2. The number of amides is 1. The number of nitrogens with zero attached hydrogens (tertiary/aromatic N) is 1. The first kappa shape index (κ1) is 21.9. The minimum atomic E-state index is -3.66. The number of nitrogens with one attached hydrogen (secondary N) is 1. The maximum atomic E-state index is 12.7. The summed E-state index contributed by atoms with van der Waals surface area (Å²) in [5, 5.41) is 3.41. The standard InChI is InChI=1S/C19H20Cl2N2O5S/c1-13-10-14(20)2-4-17(13)22-19(24)12-28-18-5-3-15(11-16(18)21)29(25,26)23-6-8-27-9-7-23/h2-5,10-11H,6-9,12H2,1H3,(H,22,24). The molecule has 1 saturated heterocycles. The first-order chi connectivity index (χ1) is 13.8. The van der Waals surface area contributed by atoms with Gasteiger partial charge in [0.15, 0.2) is 6.61 Å². The van der Waals surface area contributed by atoms with Crippen molar-refractivity contribution >= 4 is 44.8 Å². The molecule has 2 aromatic carbocycles. The average Bonchev–Trinajstić information content (AvgIpc) is 2.70. The summed E-state index contributed by atoms with van der Waals surface area (Å²) < 4.78 is 37.3. The van der Waals surface area contributed by atoms with Crippen molar-refractivity contribution < 1.29 is 22.7 Å². The van der Waals surface area contributed by atoms with Crippen LogP contribution in [-0.2, 0) is 19.6 Å². The number of ether oxygens (including phenoxy) is 2. The molecule has 0 saturated carbocycles. The van der Waals surface area contributed by atoms with Gasteiger partial charge in [-0.15, -0.1) is 0 Å². The van der Waals surface area contributed by atoms with E-state index in [9.17, 15) is 13.2 Å². The van der Waals surface area contributed by atoms with Crippen LogP contribution in [0.25, 0.3) is 0 Å². The number of carbonyl (C=O) groups excluding carboxylic acids is 1. The molecule has 0 spiro atoms. The largest absolute Gasteiger partial charge is 0.482 e. The molecule has 0 unspecified atom stereocenters. The third-order valence-corrected chi connectivity index (χ3v) is 6.76. The predicted molar refractivity (Wildman–Crippen MR) is 111 cm³/mol. The molecule has 0 radical (unpaired) electrons. The Morgan fingerprint density at radius 3 is 2.55 bits per heavy atom. The molecule has 0 aliphatic carbocycles. The topological polar surface area (TPSA) is 84.9 Å². The maximum absolute atomic E-state index is 12.7. The highest BCUT2D eigenvalue weighted by molar-refractivity contribution is 7.89. The number of carbonyl (C=O) groups is 1. The number of hydrogen-bond donors (Lipinski definition) is 1. The molecular weight excluding hydrogens is 439 g/mol. The lowest BCUT2D eigenvalue weighted by Crippen LogP contribution is -2.40. The highest BCUT2D eigenvalue weighted by Crippen LogP contribution is 2.29. The van der Waals surface area contributed by atoms with Crippen molar-refractivity contribution in [1.29, 1.82) is 0 Å². The Bertz CT molecular complexity index is 1010. The van der Waals surface area contributed by atoms with Gasteiger partial charge in [-0.05, 0) is 48.9 Å². The minimum Gasteiger partial charge on any atom is -0.482 e. The Morgan fingerprint density at radius 2 is 1.90 bits per heavy atom. The van der Waals surface area contributed by atoms with Crippen LogP contribution in [0, 0.1) is 6.92 Å². The van der Waals surface area contributed by atoms with Gasteiger partial charge in [0.25, 0.3) is 5.91 Å². The number of sulfonamides is 1. The van der Waals surface area contributed by atoms with Gasteiger partial charge in [0.1, 0.15) is 5.75 Å². The molecule has 7 nitrogen and oxygen atoms in total. The Kier molecular flexibility index (Phi) is 7.02. The van der Waals surface area contributed by atoms with E-state index in [0.717, 1.165) is 5.56 Å². The van der Waals surface area contributed by atoms with Crippen LogP contribution in [0.3, 0.4) is 0 Å². The van der Waals surface area contributed by atoms with Crippen LogP contribution in [0.5, 0.6) is 5.75 Å². The average molecular weight is 459 g/mol. The SMILES string of the molecule is Cc1cc(Cl)ccc1NC(=O)COc1ccc(S(=O)(=O)N2CCOCC2)cc1Cl. The molecule has 1 aliphatic rings. The van der Waals surface area contributed by atoms with Gasteiger partial charge in [-0.3, -0.25) is 4.79 Å². The molecule has 1 amide bonds. The van der Waals surface area contributed by atoms with Crippen molar-refractivity contribution in [3.8, 4) is 5.75 Å². The monoisotopic (exact) mass is 458 g/mol. The van der Waals surface area contributed by atoms with E-state index in [0.29, 0.717) is 37.0 Å². The third-order valence-electron chi connectivity index (χ3n) is 4.33. The van der Waals surface area contributed by atoms with Crippen LogP contribution >= 0.6 is 23.2 Å². The van der Waals surface area contributed by atoms with Crippen LogP contribution < -0.4 is 10.1 Å². The van der Waals surface area contributed by atoms with E-state index in [4.69, 9.17) is 32.7 Å². The van der Waals surface area contributed by atoms with E-state index in [1.54, 1.807) is 18.2 Å². The zero-order valence-electron chi connectivity index (χ0n) is 15.7. The zero-order chi connectivity index (χ0) is 21.0. The highest BCUT2D eigenvalue weighted by atomic mass is 35.5. The molecule has 1 fully saturated rings. The number of morpholine rings is 1. The lowest BCUT2D eigenvalue weighted by atomic mass is 10.2. The Labute approximate surface area is 179 Å². The van der Waals surface area contributed by atoms with Crippen molar-refractivity contribution in [2.24, 2.45) is 0 Å². The van der Waals surface area contributed by atoms with Crippen molar-refractivity contribution in [3.63, 3.8) is 0 Å². The lowest BCUT2D eigenvalue weighted by molar-refractivity contribution is -0.118. The predicted octanol–water partition coefficient (Wildman–Crippen LogP) is 3.34. The highest BCUT2D eigenvalue weighted by Gasteiger charge is 2.27. The third kappa shape index (κ3) is 5.40. The minimum absolute atomic E-state index is 0.0676. The van der Waals surface area contributed by atoms with Crippen LogP contribution in [0.1, 0.15) is 5.56 Å². The summed E-state index contributed by atoms with van der Waals surface area (Å²) >= 11 is 12.1. The molecule has 2 aromatic rings. The fourth-order valence-corrected chi connectivity index (χ4v) is 4.75. The maximum Gasteiger partial charge on any atom is 0.262 e. The molecule has 0 bridgehead atoms. The van der Waals surface area contributed by atoms with Crippen molar-refractivity contribution in [1.82, 2.24) is 4.31 Å². The van der Waals surface area contributed by atoms with Crippen molar-refractivity contribution in [2.45, 2.75) is 11.8 Å². The van der Waals surface area contributed by atoms with E-state index in [1.807, 2.05) is 6.92 Å². The van der Waals surface area contributed by atoms with Gasteiger partial charge in [0, 0.05) is 23.8 Å². The van der Waals surface area contributed by atoms with Crippen molar-refractivity contribution in [3.05, 3.63) is 52.0 Å². The van der Waals surface area contributed by atoms with E-state index < -0.39 is 10.0 Å². The Balaban J connectivity index is 1.64. The number of hydrogen-bond acceptors (Lipinski definition) is 5. The van der Waals surface area contributed by atoms with E-state index in [1.165, 1.54) is 22.5 Å². The van der Waals surface area contributed by atoms with Crippen molar-refractivity contribution in [2.75, 3.05) is 38.2 Å². The summed E-state index contributed by atoms with van der Waals surface area (Å²) in [5.41, 5.74) is 1.45. The van der Waals surface area contributed by atoms with Gasteiger partial charge in [-0.25, -0.2) is 8.42 Å². The van der Waals surface area contributed by atoms with E-state index in [2.05, 4.69) is 5.32 Å². The van der Waals surface area contributed by atoms with Crippen LogP contribution in [0.15, 0.2) is 41.3 Å². The zero-order valence-corrected chi connectivity index (χ0v) is 18.0. The summed E-state index contributed by atoms with van der Waals surface area (Å²) in [7, 11) is -3.66. The molecule has 0 aromatic heterocycles. The quantitative estimate of drug-likeness (QED) is 0.717. The van der Waals surface area contributed by atoms with Gasteiger partial charge in [-0.2, -0.15) is 4.31 Å². The molecule has 1 N–H and O–H groups in total. The Morgan fingerprint density at radius 1 is 1.17 bits per heavy atom. The number of aryl methyl sites for hydroxylation is 1. The molecule has 156 valence electrons. The van der Waals surface area contributed by atoms with Crippen LogP contribution in [0.2, 0.25) is 10.0 Å². The summed E-state index contributed by atoms with van der Waals surface area (Å²) in [5.74, 6) is -0.160. The summed E-state index contributed by atoms with van der Waals surface area (Å²) in [6, 6.07) is 9.29. The smallest absolute Gasteiger partial charge is 0.262 e. The second-order valence-corrected chi connectivity index (χ2v) is 9.19. The van der Waals surface area contributed by atoms with Gasteiger partial charge in [-0.1, -0.05) is 23.2 Å². The molecule has 0 atom stereocenters. The van der Waals surface area contributed by atoms with Gasteiger partial charge < -0.3 is 14.8 Å². The second kappa shape index (κ2) is 9.32. The second-order valence-electron chi connectivity index (χ2n) is 6.40. The molecule has 1 aliphatic heterocycles.